The number of aromatic nitrogens is 4. The quantitative estimate of drug-likeness (QED) is 0.738. The van der Waals surface area contributed by atoms with Gasteiger partial charge in [-0.1, -0.05) is 23.8 Å². The van der Waals surface area contributed by atoms with Gasteiger partial charge in [-0.25, -0.2) is 17.5 Å². The number of nitrogens with zero attached hydrogens (tertiary/aromatic N) is 4. The number of halogens is 1. The molecule has 1 aromatic heterocycles. The number of rotatable bonds is 5. The van der Waals surface area contributed by atoms with Gasteiger partial charge in [0.15, 0.2) is 5.82 Å². The average molecular weight is 375 g/mol. The minimum Gasteiger partial charge on any atom is -0.207 e. The van der Waals surface area contributed by atoms with E-state index in [-0.39, 0.29) is 17.3 Å². The molecule has 7 nitrogen and oxygen atoms in total. The fourth-order valence-electron chi connectivity index (χ4n) is 2.95. The van der Waals surface area contributed by atoms with E-state index < -0.39 is 15.8 Å². The molecule has 3 rings (SSSR count). The molecular weight excluding hydrogens is 357 g/mol. The molecule has 0 radical (unpaired) electrons. The molecule has 0 saturated heterocycles. The summed E-state index contributed by atoms with van der Waals surface area (Å²) in [4.78, 5) is 0.243. The van der Waals surface area contributed by atoms with E-state index >= 15 is 0 Å². The van der Waals surface area contributed by atoms with Crippen LogP contribution in [-0.2, 0) is 16.6 Å². The zero-order chi connectivity index (χ0) is 18.9. The maximum atomic E-state index is 13.4. The van der Waals surface area contributed by atoms with Gasteiger partial charge in [0.2, 0.25) is 10.0 Å². The zero-order valence-electron chi connectivity index (χ0n) is 14.6. The molecule has 9 heteroatoms. The van der Waals surface area contributed by atoms with Gasteiger partial charge in [0.05, 0.1) is 17.1 Å². The number of hydrogen-bond donors (Lipinski definition) is 1. The van der Waals surface area contributed by atoms with Gasteiger partial charge < -0.3 is 0 Å². The average Bonchev–Trinajstić information content (AvgIpc) is 3.00. The van der Waals surface area contributed by atoms with Gasteiger partial charge in [-0.15, -0.1) is 5.10 Å². The second kappa shape index (κ2) is 6.93. The number of sulfonamides is 1. The summed E-state index contributed by atoms with van der Waals surface area (Å²) in [6, 6.07) is 9.36. The Morgan fingerprint density at radius 1 is 1.12 bits per heavy atom. The van der Waals surface area contributed by atoms with Crippen molar-refractivity contribution < 1.29 is 12.8 Å². The maximum Gasteiger partial charge on any atom is 0.241 e. The normalized spacial score (nSPS) is 11.7. The van der Waals surface area contributed by atoms with Crippen LogP contribution in [0.1, 0.15) is 22.5 Å². The predicted molar refractivity (Wildman–Crippen MR) is 93.8 cm³/mol. The number of aryl methyl sites for hydroxylation is 3. The fourth-order valence-corrected chi connectivity index (χ4v) is 4.38. The van der Waals surface area contributed by atoms with Crippen LogP contribution in [0, 0.1) is 26.6 Å². The highest BCUT2D eigenvalue weighted by molar-refractivity contribution is 7.89. The van der Waals surface area contributed by atoms with Gasteiger partial charge in [0, 0.05) is 0 Å². The Morgan fingerprint density at radius 3 is 2.46 bits per heavy atom. The first-order valence-corrected chi connectivity index (χ1v) is 9.37. The Hall–Kier alpha value is -2.65. The van der Waals surface area contributed by atoms with Crippen molar-refractivity contribution in [2.24, 2.45) is 0 Å². The second-order valence-corrected chi connectivity index (χ2v) is 7.74. The Kier molecular flexibility index (Phi) is 4.84. The summed E-state index contributed by atoms with van der Waals surface area (Å²) in [6.07, 6.45) is 0. The van der Waals surface area contributed by atoms with Crippen LogP contribution >= 0.6 is 0 Å². The lowest BCUT2D eigenvalue weighted by atomic mass is 10.1. The molecule has 26 heavy (non-hydrogen) atoms. The molecule has 0 saturated carbocycles. The van der Waals surface area contributed by atoms with Gasteiger partial charge in [0.25, 0.3) is 0 Å². The van der Waals surface area contributed by atoms with Crippen molar-refractivity contribution in [3.05, 3.63) is 64.7 Å². The zero-order valence-corrected chi connectivity index (χ0v) is 15.4. The lowest BCUT2D eigenvalue weighted by Gasteiger charge is -2.13. The van der Waals surface area contributed by atoms with Crippen molar-refractivity contribution in [1.82, 2.24) is 24.9 Å². The molecule has 1 heterocycles. The lowest BCUT2D eigenvalue weighted by Crippen LogP contribution is -2.26. The van der Waals surface area contributed by atoms with Crippen molar-refractivity contribution >= 4 is 10.0 Å². The van der Waals surface area contributed by atoms with Gasteiger partial charge in [0.1, 0.15) is 5.82 Å². The van der Waals surface area contributed by atoms with Gasteiger partial charge >= 0.3 is 0 Å². The third-order valence-corrected chi connectivity index (χ3v) is 5.59. The molecule has 0 aliphatic carbocycles. The van der Waals surface area contributed by atoms with Gasteiger partial charge in [-0.05, 0) is 60.5 Å². The maximum absolute atomic E-state index is 13.4. The molecule has 0 amide bonds. The third-order valence-electron chi connectivity index (χ3n) is 3.88. The molecule has 0 fully saturated rings. The predicted octanol–water partition coefficient (Wildman–Crippen LogP) is 2.21. The monoisotopic (exact) mass is 375 g/mol. The van der Waals surface area contributed by atoms with Crippen LogP contribution in [0.3, 0.4) is 0 Å². The van der Waals surface area contributed by atoms with E-state index in [4.69, 9.17) is 0 Å². The summed E-state index contributed by atoms with van der Waals surface area (Å²) in [5.41, 5.74) is 2.74. The van der Waals surface area contributed by atoms with E-state index in [9.17, 15) is 12.8 Å². The highest BCUT2D eigenvalue weighted by Crippen LogP contribution is 2.21. The summed E-state index contributed by atoms with van der Waals surface area (Å²) in [5.74, 6) is -0.183. The van der Waals surface area contributed by atoms with Crippen molar-refractivity contribution in [3.8, 4) is 5.69 Å². The van der Waals surface area contributed by atoms with Crippen LogP contribution in [0.25, 0.3) is 5.69 Å². The topological polar surface area (TPSA) is 89.8 Å². The molecule has 1 N–H and O–H groups in total. The highest BCUT2D eigenvalue weighted by Gasteiger charge is 2.21. The van der Waals surface area contributed by atoms with Crippen LogP contribution in [0.5, 0.6) is 0 Å². The van der Waals surface area contributed by atoms with E-state index in [1.165, 1.54) is 22.9 Å². The minimum absolute atomic E-state index is 0.126. The number of nitrogens with one attached hydrogen (secondary N) is 1. The van der Waals surface area contributed by atoms with Crippen LogP contribution in [-0.4, -0.2) is 28.6 Å². The molecule has 0 unspecified atom stereocenters. The first kappa shape index (κ1) is 18.2. The van der Waals surface area contributed by atoms with Crippen LogP contribution in [0.2, 0.25) is 0 Å². The molecule has 0 bridgehead atoms. The standard InChI is InChI=1S/C17H18FN5O2S/c1-11-7-12(2)17(13(3)8-11)26(24,25)19-10-16-20-21-22-23(16)15-6-4-5-14(18)9-15/h4-9,19H,10H2,1-3H3. The van der Waals surface area contributed by atoms with E-state index in [1.807, 2.05) is 19.1 Å². The first-order valence-electron chi connectivity index (χ1n) is 7.88. The summed E-state index contributed by atoms with van der Waals surface area (Å²) in [5, 5.41) is 11.2. The summed E-state index contributed by atoms with van der Waals surface area (Å²) >= 11 is 0. The SMILES string of the molecule is Cc1cc(C)c(S(=O)(=O)NCc2nnnn2-c2cccc(F)c2)c(C)c1. The molecule has 0 aliphatic heterocycles. The summed E-state index contributed by atoms with van der Waals surface area (Å²) in [7, 11) is -3.75. The highest BCUT2D eigenvalue weighted by atomic mass is 32.2. The second-order valence-electron chi connectivity index (χ2n) is 6.04. The van der Waals surface area contributed by atoms with E-state index in [2.05, 4.69) is 20.2 Å². The lowest BCUT2D eigenvalue weighted by molar-refractivity contribution is 0.576. The first-order chi connectivity index (χ1) is 12.3. The van der Waals surface area contributed by atoms with Crippen LogP contribution in [0.15, 0.2) is 41.3 Å². The Labute approximate surface area is 150 Å². The molecule has 3 aromatic rings. The van der Waals surface area contributed by atoms with Crippen molar-refractivity contribution in [1.29, 1.82) is 0 Å². The van der Waals surface area contributed by atoms with Crippen molar-refractivity contribution in [2.75, 3.05) is 0 Å². The smallest absolute Gasteiger partial charge is 0.207 e. The van der Waals surface area contributed by atoms with Crippen LogP contribution < -0.4 is 4.72 Å². The summed E-state index contributed by atoms with van der Waals surface area (Å²) < 4.78 is 42.7. The molecule has 2 aromatic carbocycles. The van der Waals surface area contributed by atoms with E-state index in [0.29, 0.717) is 16.8 Å². The largest absolute Gasteiger partial charge is 0.241 e. The molecule has 0 spiro atoms. The van der Waals surface area contributed by atoms with Crippen molar-refractivity contribution in [2.45, 2.75) is 32.2 Å². The van der Waals surface area contributed by atoms with Crippen molar-refractivity contribution in [3.63, 3.8) is 0 Å². The Balaban J connectivity index is 1.88. The Morgan fingerprint density at radius 2 is 1.81 bits per heavy atom. The van der Waals surface area contributed by atoms with Gasteiger partial charge in [-0.2, -0.15) is 4.68 Å². The fraction of sp³-hybridized carbons (Fsp3) is 0.235. The molecular formula is C17H18FN5O2S. The number of hydrogen-bond acceptors (Lipinski definition) is 5. The molecule has 0 aliphatic rings. The number of tetrazole rings is 1. The molecule has 136 valence electrons. The number of benzene rings is 2. The van der Waals surface area contributed by atoms with E-state index in [0.717, 1.165) is 5.56 Å². The van der Waals surface area contributed by atoms with Crippen LogP contribution in [0.4, 0.5) is 4.39 Å². The third kappa shape index (κ3) is 3.63. The Bertz CT molecular complexity index is 1040. The van der Waals surface area contributed by atoms with Gasteiger partial charge in [-0.3, -0.25) is 0 Å². The molecule has 0 atom stereocenters. The minimum atomic E-state index is -3.75. The van der Waals surface area contributed by atoms with E-state index in [1.54, 1.807) is 19.9 Å². The summed E-state index contributed by atoms with van der Waals surface area (Å²) in [6.45, 7) is 5.30.